The summed E-state index contributed by atoms with van der Waals surface area (Å²) < 4.78 is 10.5. The number of rotatable bonds is 8. The van der Waals surface area contributed by atoms with Gasteiger partial charge >= 0.3 is 0 Å². The highest BCUT2D eigenvalue weighted by Crippen LogP contribution is 2.26. The van der Waals surface area contributed by atoms with Crippen molar-refractivity contribution in [3.05, 3.63) is 89.5 Å². The van der Waals surface area contributed by atoms with Gasteiger partial charge in [-0.25, -0.2) is 0 Å². The van der Waals surface area contributed by atoms with Crippen LogP contribution < -0.4 is 14.8 Å². The van der Waals surface area contributed by atoms with Crippen LogP contribution in [0.1, 0.15) is 22.7 Å². The van der Waals surface area contributed by atoms with Crippen LogP contribution >= 0.6 is 11.8 Å². The van der Waals surface area contributed by atoms with E-state index in [0.717, 1.165) is 27.5 Å². The largest absolute Gasteiger partial charge is 0.497 e. The Balaban J connectivity index is 1.76. The third-order valence-corrected chi connectivity index (χ3v) is 5.56. The molecule has 3 rings (SSSR count). The fraction of sp³-hybridized carbons (Fsp3) is 0.208. The topological polar surface area (TPSA) is 47.6 Å². The van der Waals surface area contributed by atoms with Gasteiger partial charge in [-0.2, -0.15) is 0 Å². The molecule has 0 atom stereocenters. The Morgan fingerprint density at radius 3 is 1.93 bits per heavy atom. The molecule has 3 aromatic rings. The van der Waals surface area contributed by atoms with E-state index in [1.54, 1.807) is 14.2 Å². The molecule has 0 fully saturated rings. The van der Waals surface area contributed by atoms with Gasteiger partial charge in [-0.1, -0.05) is 42.0 Å². The number of hydrogen-bond acceptors (Lipinski definition) is 4. The maximum absolute atomic E-state index is 12.7. The third-order valence-electron chi connectivity index (χ3n) is 4.56. The van der Waals surface area contributed by atoms with Crippen LogP contribution in [-0.4, -0.2) is 25.9 Å². The van der Waals surface area contributed by atoms with Crippen molar-refractivity contribution < 1.29 is 14.3 Å². The van der Waals surface area contributed by atoms with Crippen molar-refractivity contribution >= 4 is 17.7 Å². The van der Waals surface area contributed by atoms with Crippen LogP contribution in [0.3, 0.4) is 0 Å². The lowest BCUT2D eigenvalue weighted by Crippen LogP contribution is -2.30. The zero-order chi connectivity index (χ0) is 20.6. The van der Waals surface area contributed by atoms with E-state index in [2.05, 4.69) is 11.4 Å². The fourth-order valence-electron chi connectivity index (χ4n) is 3.01. The van der Waals surface area contributed by atoms with Gasteiger partial charge in [0, 0.05) is 4.90 Å². The van der Waals surface area contributed by atoms with Gasteiger partial charge in [-0.15, -0.1) is 11.8 Å². The number of carbonyl (C=O) groups is 1. The van der Waals surface area contributed by atoms with E-state index in [9.17, 15) is 4.79 Å². The van der Waals surface area contributed by atoms with Gasteiger partial charge in [0.05, 0.1) is 26.0 Å². The predicted octanol–water partition coefficient (Wildman–Crippen LogP) is 5.01. The first-order valence-corrected chi connectivity index (χ1v) is 10.3. The van der Waals surface area contributed by atoms with Crippen molar-refractivity contribution in [3.63, 3.8) is 0 Å². The van der Waals surface area contributed by atoms with Crippen molar-refractivity contribution in [2.75, 3.05) is 20.0 Å². The molecule has 0 aliphatic heterocycles. The van der Waals surface area contributed by atoms with Gasteiger partial charge in [0.15, 0.2) is 0 Å². The fourth-order valence-corrected chi connectivity index (χ4v) is 3.83. The van der Waals surface area contributed by atoms with Crippen LogP contribution in [0.4, 0.5) is 0 Å². The second kappa shape index (κ2) is 10.0. The van der Waals surface area contributed by atoms with Crippen LogP contribution in [0.2, 0.25) is 0 Å². The van der Waals surface area contributed by atoms with Crippen LogP contribution in [-0.2, 0) is 4.79 Å². The number of carbonyl (C=O) groups excluding carboxylic acids is 1. The highest BCUT2D eigenvalue weighted by atomic mass is 32.2. The summed E-state index contributed by atoms with van der Waals surface area (Å²) in [6, 6.07) is 23.4. The highest BCUT2D eigenvalue weighted by molar-refractivity contribution is 8.00. The summed E-state index contributed by atoms with van der Waals surface area (Å²) in [6.07, 6.45) is 0. The van der Waals surface area contributed by atoms with Crippen LogP contribution in [0.5, 0.6) is 11.5 Å². The zero-order valence-corrected chi connectivity index (χ0v) is 17.7. The Morgan fingerprint density at radius 1 is 0.897 bits per heavy atom. The van der Waals surface area contributed by atoms with E-state index in [1.807, 2.05) is 73.7 Å². The summed E-state index contributed by atoms with van der Waals surface area (Å²) in [5, 5.41) is 3.17. The van der Waals surface area contributed by atoms with E-state index < -0.39 is 0 Å². The Morgan fingerprint density at radius 2 is 1.45 bits per heavy atom. The SMILES string of the molecule is COc1ccc(C(NC(=O)CSc2cccc(C)c2)c2ccc(OC)cc2)cc1. The number of ether oxygens (including phenoxy) is 2. The molecule has 1 N–H and O–H groups in total. The first kappa shape index (κ1) is 20.8. The van der Waals surface area contributed by atoms with Gasteiger partial charge in [0.2, 0.25) is 5.91 Å². The summed E-state index contributed by atoms with van der Waals surface area (Å²) in [7, 11) is 3.28. The summed E-state index contributed by atoms with van der Waals surface area (Å²) in [4.78, 5) is 13.8. The Kier molecular flexibility index (Phi) is 7.19. The molecular formula is C24H25NO3S. The van der Waals surface area contributed by atoms with Gasteiger partial charge in [-0.05, 0) is 54.4 Å². The van der Waals surface area contributed by atoms with E-state index in [4.69, 9.17) is 9.47 Å². The van der Waals surface area contributed by atoms with Crippen molar-refractivity contribution in [1.82, 2.24) is 5.32 Å². The monoisotopic (exact) mass is 407 g/mol. The lowest BCUT2D eigenvalue weighted by atomic mass is 9.98. The van der Waals surface area contributed by atoms with Crippen molar-refractivity contribution in [3.8, 4) is 11.5 Å². The minimum atomic E-state index is -0.252. The van der Waals surface area contributed by atoms with E-state index in [-0.39, 0.29) is 11.9 Å². The quantitative estimate of drug-likeness (QED) is 0.533. The lowest BCUT2D eigenvalue weighted by molar-refractivity contribution is -0.119. The molecule has 0 radical (unpaired) electrons. The van der Waals surface area contributed by atoms with Crippen molar-refractivity contribution in [2.24, 2.45) is 0 Å². The van der Waals surface area contributed by atoms with Gasteiger partial charge < -0.3 is 14.8 Å². The number of aryl methyl sites for hydroxylation is 1. The molecule has 150 valence electrons. The molecule has 0 heterocycles. The van der Waals surface area contributed by atoms with Gasteiger partial charge in [0.1, 0.15) is 11.5 Å². The first-order valence-electron chi connectivity index (χ1n) is 9.36. The molecular weight excluding hydrogens is 382 g/mol. The number of methoxy groups -OCH3 is 2. The molecule has 0 aliphatic rings. The molecule has 0 saturated carbocycles. The van der Waals surface area contributed by atoms with Crippen molar-refractivity contribution in [1.29, 1.82) is 0 Å². The normalized spacial score (nSPS) is 10.6. The molecule has 0 spiro atoms. The molecule has 29 heavy (non-hydrogen) atoms. The molecule has 4 nitrogen and oxygen atoms in total. The molecule has 0 aromatic heterocycles. The maximum atomic E-state index is 12.7. The molecule has 0 bridgehead atoms. The Bertz CT molecular complexity index is 892. The standard InChI is InChI=1S/C24H25NO3S/c1-17-5-4-6-22(15-17)29-16-23(26)25-24(18-7-11-20(27-2)12-8-18)19-9-13-21(28-3)14-10-19/h4-15,24H,16H2,1-3H3,(H,25,26). The molecule has 0 saturated heterocycles. The number of thioether (sulfide) groups is 1. The highest BCUT2D eigenvalue weighted by Gasteiger charge is 2.17. The molecule has 1 amide bonds. The molecule has 0 aliphatic carbocycles. The van der Waals surface area contributed by atoms with Crippen LogP contribution in [0, 0.1) is 6.92 Å². The second-order valence-corrected chi connectivity index (χ2v) is 7.70. The van der Waals surface area contributed by atoms with Gasteiger partial charge in [-0.3, -0.25) is 4.79 Å². The predicted molar refractivity (Wildman–Crippen MR) is 118 cm³/mol. The van der Waals surface area contributed by atoms with E-state index in [1.165, 1.54) is 17.3 Å². The van der Waals surface area contributed by atoms with Gasteiger partial charge in [0.25, 0.3) is 0 Å². The third kappa shape index (κ3) is 5.78. The second-order valence-electron chi connectivity index (χ2n) is 6.65. The first-order chi connectivity index (χ1) is 14.1. The smallest absolute Gasteiger partial charge is 0.231 e. The zero-order valence-electron chi connectivity index (χ0n) is 16.8. The van der Waals surface area contributed by atoms with Crippen molar-refractivity contribution in [2.45, 2.75) is 17.9 Å². The molecule has 0 unspecified atom stereocenters. The van der Waals surface area contributed by atoms with Crippen LogP contribution in [0.15, 0.2) is 77.7 Å². The lowest BCUT2D eigenvalue weighted by Gasteiger charge is -2.20. The Labute approximate surface area is 176 Å². The minimum absolute atomic E-state index is 0.0202. The average Bonchev–Trinajstić information content (AvgIpc) is 2.76. The average molecular weight is 408 g/mol. The maximum Gasteiger partial charge on any atom is 0.231 e. The van der Waals surface area contributed by atoms with Crippen LogP contribution in [0.25, 0.3) is 0 Å². The summed E-state index contributed by atoms with van der Waals surface area (Å²) in [5.41, 5.74) is 3.17. The Hall–Kier alpha value is -2.92. The number of hydrogen-bond donors (Lipinski definition) is 1. The van der Waals surface area contributed by atoms with E-state index >= 15 is 0 Å². The van der Waals surface area contributed by atoms with E-state index in [0.29, 0.717) is 5.75 Å². The summed E-state index contributed by atoms with van der Waals surface area (Å²) in [6.45, 7) is 2.05. The number of nitrogens with one attached hydrogen (secondary N) is 1. The molecule has 5 heteroatoms. The summed E-state index contributed by atoms with van der Waals surface area (Å²) in [5.74, 6) is 1.90. The number of benzene rings is 3. The minimum Gasteiger partial charge on any atom is -0.497 e. The summed E-state index contributed by atoms with van der Waals surface area (Å²) >= 11 is 1.54. The number of amides is 1. The molecule has 3 aromatic carbocycles.